The molecule has 0 spiro atoms. The summed E-state index contributed by atoms with van der Waals surface area (Å²) in [5.74, 6) is 0. The second-order valence-electron chi connectivity index (χ2n) is 6.24. The molecule has 3 heterocycles. The maximum Gasteiger partial charge on any atom is 0.211 e. The van der Waals surface area contributed by atoms with Crippen molar-refractivity contribution in [3.8, 4) is 5.69 Å². The standard InChI is InChI=1S/C18H19N3OS2/c1-11-4-6-12(7-5-11)21-17-15(19-18(21)23-3)16(22)13-8-9-20(2)10-14(13)24-17/h4-7H,8-10H2,1-3H3. The molecule has 2 aromatic heterocycles. The highest BCUT2D eigenvalue weighted by atomic mass is 32.2. The number of aromatic nitrogens is 2. The molecule has 4 rings (SSSR count). The monoisotopic (exact) mass is 357 g/mol. The summed E-state index contributed by atoms with van der Waals surface area (Å²) in [7, 11) is 2.11. The molecule has 0 unspecified atom stereocenters. The molecule has 0 atom stereocenters. The molecule has 1 aliphatic rings. The van der Waals surface area contributed by atoms with Crippen molar-refractivity contribution in [2.24, 2.45) is 0 Å². The molecule has 1 aromatic carbocycles. The van der Waals surface area contributed by atoms with Gasteiger partial charge in [-0.25, -0.2) is 4.98 Å². The van der Waals surface area contributed by atoms with Gasteiger partial charge in [-0.05, 0) is 38.8 Å². The van der Waals surface area contributed by atoms with Crippen LogP contribution in [-0.2, 0) is 13.0 Å². The number of hydrogen-bond acceptors (Lipinski definition) is 5. The normalized spacial score (nSPS) is 15.0. The fourth-order valence-electron chi connectivity index (χ4n) is 3.14. The second kappa shape index (κ2) is 6.02. The van der Waals surface area contributed by atoms with Crippen molar-refractivity contribution in [3.05, 3.63) is 50.5 Å². The number of thioether (sulfide) groups is 1. The van der Waals surface area contributed by atoms with Crippen LogP contribution in [0.3, 0.4) is 0 Å². The summed E-state index contributed by atoms with van der Waals surface area (Å²) in [5, 5.41) is 0.873. The van der Waals surface area contributed by atoms with Crippen molar-refractivity contribution in [2.75, 3.05) is 19.8 Å². The van der Waals surface area contributed by atoms with Crippen LogP contribution in [0.1, 0.15) is 16.0 Å². The van der Waals surface area contributed by atoms with E-state index in [0.717, 1.165) is 40.7 Å². The van der Waals surface area contributed by atoms with Crippen molar-refractivity contribution in [3.63, 3.8) is 0 Å². The van der Waals surface area contributed by atoms with Crippen molar-refractivity contribution in [2.45, 2.75) is 25.0 Å². The zero-order valence-electron chi connectivity index (χ0n) is 14.0. The van der Waals surface area contributed by atoms with E-state index in [1.165, 1.54) is 10.4 Å². The summed E-state index contributed by atoms with van der Waals surface area (Å²) in [4.78, 5) is 22.0. The quantitative estimate of drug-likeness (QED) is 0.658. The second-order valence-corrected chi connectivity index (χ2v) is 8.10. The van der Waals surface area contributed by atoms with Gasteiger partial charge < -0.3 is 4.90 Å². The number of hydrogen-bond donors (Lipinski definition) is 0. The van der Waals surface area contributed by atoms with Gasteiger partial charge in [0, 0.05) is 29.2 Å². The fourth-order valence-corrected chi connectivity index (χ4v) is 5.12. The van der Waals surface area contributed by atoms with E-state index >= 15 is 0 Å². The fraction of sp³-hybridized carbons (Fsp3) is 0.333. The molecule has 0 N–H and O–H groups in total. The van der Waals surface area contributed by atoms with Crippen LogP contribution in [0.4, 0.5) is 0 Å². The van der Waals surface area contributed by atoms with Crippen LogP contribution in [0, 0.1) is 6.92 Å². The topological polar surface area (TPSA) is 38.1 Å². The van der Waals surface area contributed by atoms with Crippen LogP contribution in [0.15, 0.2) is 34.2 Å². The molecule has 0 bridgehead atoms. The number of benzene rings is 1. The Morgan fingerprint density at radius 3 is 2.71 bits per heavy atom. The van der Waals surface area contributed by atoms with E-state index < -0.39 is 0 Å². The van der Waals surface area contributed by atoms with Crippen molar-refractivity contribution >= 4 is 33.4 Å². The third-order valence-corrected chi connectivity index (χ3v) is 6.31. The molecule has 0 saturated heterocycles. The van der Waals surface area contributed by atoms with Gasteiger partial charge in [0.05, 0.1) is 0 Å². The Balaban J connectivity index is 2.02. The third-order valence-electron chi connectivity index (χ3n) is 4.48. The Bertz CT molecular complexity index is 973. The van der Waals surface area contributed by atoms with Crippen LogP contribution in [-0.4, -0.2) is 34.3 Å². The van der Waals surface area contributed by atoms with Crippen LogP contribution < -0.4 is 5.43 Å². The minimum Gasteiger partial charge on any atom is -0.301 e. The van der Waals surface area contributed by atoms with Crippen LogP contribution in [0.5, 0.6) is 0 Å². The van der Waals surface area contributed by atoms with Crippen LogP contribution >= 0.6 is 23.1 Å². The van der Waals surface area contributed by atoms with Crippen molar-refractivity contribution in [1.29, 1.82) is 0 Å². The van der Waals surface area contributed by atoms with Gasteiger partial charge in [0.25, 0.3) is 0 Å². The maximum atomic E-state index is 12.9. The minimum absolute atomic E-state index is 0.119. The molecule has 24 heavy (non-hydrogen) atoms. The van der Waals surface area contributed by atoms with Gasteiger partial charge in [0.15, 0.2) is 5.16 Å². The smallest absolute Gasteiger partial charge is 0.211 e. The number of aryl methyl sites for hydroxylation is 1. The number of imidazole rings is 1. The van der Waals surface area contributed by atoms with E-state index in [9.17, 15) is 4.79 Å². The number of rotatable bonds is 2. The Labute approximate surface area is 149 Å². The molecule has 4 nitrogen and oxygen atoms in total. The predicted molar refractivity (Wildman–Crippen MR) is 102 cm³/mol. The summed E-state index contributed by atoms with van der Waals surface area (Å²) < 4.78 is 2.13. The summed E-state index contributed by atoms with van der Waals surface area (Å²) >= 11 is 3.30. The molecular weight excluding hydrogens is 338 g/mol. The van der Waals surface area contributed by atoms with E-state index in [2.05, 4.69) is 52.7 Å². The molecule has 124 valence electrons. The molecule has 0 fully saturated rings. The summed E-state index contributed by atoms with van der Waals surface area (Å²) in [6, 6.07) is 8.39. The Hall–Kier alpha value is -1.63. The van der Waals surface area contributed by atoms with E-state index in [4.69, 9.17) is 0 Å². The first kappa shape index (κ1) is 15.9. The lowest BCUT2D eigenvalue weighted by molar-refractivity contribution is 0.316. The van der Waals surface area contributed by atoms with E-state index in [1.807, 2.05) is 6.26 Å². The summed E-state index contributed by atoms with van der Waals surface area (Å²) in [5.41, 5.74) is 3.99. The molecule has 0 saturated carbocycles. The average molecular weight is 358 g/mol. The molecule has 3 aromatic rings. The Morgan fingerprint density at radius 2 is 2.00 bits per heavy atom. The minimum atomic E-state index is 0.119. The molecule has 1 aliphatic heterocycles. The molecular formula is C18H19N3OS2. The van der Waals surface area contributed by atoms with Gasteiger partial charge in [-0.2, -0.15) is 0 Å². The number of fused-ring (bicyclic) bond motifs is 2. The summed E-state index contributed by atoms with van der Waals surface area (Å²) in [6.45, 7) is 3.86. The zero-order valence-corrected chi connectivity index (χ0v) is 15.6. The highest BCUT2D eigenvalue weighted by Gasteiger charge is 2.23. The number of nitrogens with zero attached hydrogens (tertiary/aromatic N) is 3. The van der Waals surface area contributed by atoms with E-state index in [1.54, 1.807) is 23.1 Å². The van der Waals surface area contributed by atoms with Gasteiger partial charge in [0.1, 0.15) is 10.3 Å². The molecule has 0 amide bonds. The maximum absolute atomic E-state index is 12.9. The number of likely N-dealkylation sites (N-methyl/N-ethyl adjacent to an activating group) is 1. The summed E-state index contributed by atoms with van der Waals surface area (Å²) in [6.07, 6.45) is 2.83. The van der Waals surface area contributed by atoms with Gasteiger partial charge in [-0.15, -0.1) is 11.3 Å². The lowest BCUT2D eigenvalue weighted by Crippen LogP contribution is -2.30. The Morgan fingerprint density at radius 1 is 1.25 bits per heavy atom. The first-order valence-corrected chi connectivity index (χ1v) is 9.99. The third kappa shape index (κ3) is 2.49. The van der Waals surface area contributed by atoms with Gasteiger partial charge in [0.2, 0.25) is 5.43 Å². The predicted octanol–water partition coefficient (Wildman–Crippen LogP) is 3.47. The van der Waals surface area contributed by atoms with Crippen molar-refractivity contribution < 1.29 is 0 Å². The average Bonchev–Trinajstić information content (AvgIpc) is 2.94. The van der Waals surface area contributed by atoms with Crippen molar-refractivity contribution in [1.82, 2.24) is 14.5 Å². The van der Waals surface area contributed by atoms with E-state index in [-0.39, 0.29) is 5.43 Å². The molecule has 0 aliphatic carbocycles. The van der Waals surface area contributed by atoms with Crippen LogP contribution in [0.2, 0.25) is 0 Å². The van der Waals surface area contributed by atoms with Crippen LogP contribution in [0.25, 0.3) is 16.0 Å². The highest BCUT2D eigenvalue weighted by Crippen LogP contribution is 2.32. The lowest BCUT2D eigenvalue weighted by Gasteiger charge is -2.23. The molecule has 0 radical (unpaired) electrons. The first-order valence-electron chi connectivity index (χ1n) is 7.95. The zero-order chi connectivity index (χ0) is 16.8. The van der Waals surface area contributed by atoms with E-state index in [0.29, 0.717) is 5.52 Å². The lowest BCUT2D eigenvalue weighted by atomic mass is 10.1. The van der Waals surface area contributed by atoms with Gasteiger partial charge >= 0.3 is 0 Å². The van der Waals surface area contributed by atoms with Gasteiger partial charge in [-0.1, -0.05) is 29.5 Å². The Kier molecular flexibility index (Phi) is 3.98. The molecule has 6 heteroatoms. The largest absolute Gasteiger partial charge is 0.301 e. The highest BCUT2D eigenvalue weighted by molar-refractivity contribution is 7.98. The van der Waals surface area contributed by atoms with Gasteiger partial charge in [-0.3, -0.25) is 9.36 Å². The first-order chi connectivity index (χ1) is 11.6. The SMILES string of the molecule is CSc1nc2c(=O)c3c(sc2n1-c1ccc(C)cc1)CN(C)CC3.